The van der Waals surface area contributed by atoms with Crippen molar-refractivity contribution in [2.24, 2.45) is 11.1 Å². The maximum absolute atomic E-state index is 12.1. The van der Waals surface area contributed by atoms with E-state index in [1.165, 1.54) is 0 Å². The number of nitrogens with zero attached hydrogens (tertiary/aromatic N) is 1. The lowest BCUT2D eigenvalue weighted by molar-refractivity contribution is -0.138. The van der Waals surface area contributed by atoms with Gasteiger partial charge in [-0.1, -0.05) is 44.7 Å². The van der Waals surface area contributed by atoms with Crippen LogP contribution in [-0.4, -0.2) is 24.4 Å². The first-order chi connectivity index (χ1) is 8.84. The molecule has 19 heavy (non-hydrogen) atoms. The molecule has 3 heteroatoms. The Balaban J connectivity index is 2.80. The van der Waals surface area contributed by atoms with E-state index in [2.05, 4.69) is 11.8 Å². The summed E-state index contributed by atoms with van der Waals surface area (Å²) >= 11 is 0. The van der Waals surface area contributed by atoms with Crippen LogP contribution in [0.3, 0.4) is 0 Å². The largest absolute Gasteiger partial charge is 0.341 e. The molecule has 1 aromatic carbocycles. The number of carbonyl (C=O) groups excluding carboxylic acids is 1. The molecule has 102 valence electrons. The minimum absolute atomic E-state index is 0.131. The standard InChI is InChI=1S/C16H22N2O/c1-16(2,3)15(19)18(4)12-14-8-5-7-13(11-14)9-6-10-17/h5,7-8,11H,10,12,17H2,1-4H3. The van der Waals surface area contributed by atoms with E-state index in [1.54, 1.807) is 4.90 Å². The second kappa shape index (κ2) is 6.40. The fourth-order valence-electron chi connectivity index (χ4n) is 1.82. The van der Waals surface area contributed by atoms with Crippen molar-refractivity contribution < 1.29 is 4.79 Å². The van der Waals surface area contributed by atoms with Crippen molar-refractivity contribution in [3.05, 3.63) is 35.4 Å². The molecule has 3 nitrogen and oxygen atoms in total. The lowest BCUT2D eigenvalue weighted by atomic mass is 9.94. The molecule has 0 aromatic heterocycles. The highest BCUT2D eigenvalue weighted by Crippen LogP contribution is 2.18. The molecule has 2 N–H and O–H groups in total. The van der Waals surface area contributed by atoms with Crippen LogP contribution in [0, 0.1) is 17.3 Å². The molecule has 1 aromatic rings. The second-order valence-electron chi connectivity index (χ2n) is 5.62. The average molecular weight is 258 g/mol. The highest BCUT2D eigenvalue weighted by Gasteiger charge is 2.24. The van der Waals surface area contributed by atoms with Gasteiger partial charge in [0.2, 0.25) is 5.91 Å². The quantitative estimate of drug-likeness (QED) is 0.825. The maximum atomic E-state index is 12.1. The van der Waals surface area contributed by atoms with Gasteiger partial charge in [0.1, 0.15) is 0 Å². The maximum Gasteiger partial charge on any atom is 0.227 e. The highest BCUT2D eigenvalue weighted by atomic mass is 16.2. The number of benzene rings is 1. The summed E-state index contributed by atoms with van der Waals surface area (Å²) in [4.78, 5) is 13.9. The minimum Gasteiger partial charge on any atom is -0.341 e. The predicted octanol–water partition coefficient (Wildman–Crippen LogP) is 2.00. The monoisotopic (exact) mass is 258 g/mol. The Morgan fingerprint density at radius 2 is 2.05 bits per heavy atom. The molecule has 0 aliphatic carbocycles. The van der Waals surface area contributed by atoms with Gasteiger partial charge in [0.25, 0.3) is 0 Å². The third-order valence-corrected chi connectivity index (χ3v) is 2.67. The van der Waals surface area contributed by atoms with E-state index < -0.39 is 0 Å². The number of hydrogen-bond donors (Lipinski definition) is 1. The Labute approximate surface area is 115 Å². The first kappa shape index (κ1) is 15.3. The van der Waals surface area contributed by atoms with E-state index in [9.17, 15) is 4.79 Å². The van der Waals surface area contributed by atoms with E-state index >= 15 is 0 Å². The van der Waals surface area contributed by atoms with Gasteiger partial charge >= 0.3 is 0 Å². The van der Waals surface area contributed by atoms with Crippen LogP contribution in [0.15, 0.2) is 24.3 Å². The van der Waals surface area contributed by atoms with E-state index in [0.29, 0.717) is 13.1 Å². The fourth-order valence-corrected chi connectivity index (χ4v) is 1.82. The van der Waals surface area contributed by atoms with Crippen molar-refractivity contribution in [3.63, 3.8) is 0 Å². The Bertz CT molecular complexity index is 503. The van der Waals surface area contributed by atoms with Crippen molar-refractivity contribution >= 4 is 5.91 Å². The Hall–Kier alpha value is -1.79. The normalized spacial score (nSPS) is 10.6. The van der Waals surface area contributed by atoms with Gasteiger partial charge in [0.05, 0.1) is 6.54 Å². The molecule has 0 radical (unpaired) electrons. The topological polar surface area (TPSA) is 46.3 Å². The van der Waals surface area contributed by atoms with E-state index in [1.807, 2.05) is 52.1 Å². The molecule has 0 atom stereocenters. The van der Waals surface area contributed by atoms with Crippen LogP contribution in [0.4, 0.5) is 0 Å². The SMILES string of the molecule is CN(Cc1cccc(C#CCN)c1)C(=O)C(C)(C)C. The molecule has 0 spiro atoms. The zero-order valence-electron chi connectivity index (χ0n) is 12.2. The Kier molecular flexibility index (Phi) is 5.14. The van der Waals surface area contributed by atoms with Gasteiger partial charge in [-0.15, -0.1) is 0 Å². The van der Waals surface area contributed by atoms with Gasteiger partial charge in [-0.25, -0.2) is 0 Å². The molecule has 0 aliphatic rings. The molecule has 0 fully saturated rings. The lowest BCUT2D eigenvalue weighted by Crippen LogP contribution is -2.36. The van der Waals surface area contributed by atoms with Crippen molar-refractivity contribution in [1.29, 1.82) is 0 Å². The number of carbonyl (C=O) groups is 1. The Morgan fingerprint density at radius 3 is 2.63 bits per heavy atom. The number of rotatable bonds is 2. The first-order valence-corrected chi connectivity index (χ1v) is 6.38. The van der Waals surface area contributed by atoms with Gasteiger partial charge in [-0.3, -0.25) is 4.79 Å². The van der Waals surface area contributed by atoms with Crippen LogP contribution in [0.1, 0.15) is 31.9 Å². The van der Waals surface area contributed by atoms with Crippen LogP contribution in [0.5, 0.6) is 0 Å². The molecule has 0 aliphatic heterocycles. The van der Waals surface area contributed by atoms with E-state index in [-0.39, 0.29) is 11.3 Å². The smallest absolute Gasteiger partial charge is 0.227 e. The number of amides is 1. The summed E-state index contributed by atoms with van der Waals surface area (Å²) in [5, 5.41) is 0. The van der Waals surface area contributed by atoms with Crippen LogP contribution in [0.25, 0.3) is 0 Å². The summed E-state index contributed by atoms with van der Waals surface area (Å²) in [6.45, 7) is 6.72. The first-order valence-electron chi connectivity index (χ1n) is 6.38. The summed E-state index contributed by atoms with van der Waals surface area (Å²) in [5.74, 6) is 5.96. The fraction of sp³-hybridized carbons (Fsp3) is 0.438. The van der Waals surface area contributed by atoms with E-state index in [4.69, 9.17) is 5.73 Å². The molecule has 0 saturated heterocycles. The zero-order chi connectivity index (χ0) is 14.5. The predicted molar refractivity (Wildman–Crippen MR) is 78.3 cm³/mol. The summed E-state index contributed by atoms with van der Waals surface area (Å²) in [6, 6.07) is 7.89. The molecule has 0 saturated carbocycles. The van der Waals surface area contributed by atoms with Gasteiger partial charge in [0, 0.05) is 24.6 Å². The summed E-state index contributed by atoms with van der Waals surface area (Å²) in [5.41, 5.74) is 7.00. The summed E-state index contributed by atoms with van der Waals surface area (Å²) in [6.07, 6.45) is 0. The third-order valence-electron chi connectivity index (χ3n) is 2.67. The minimum atomic E-state index is -0.355. The highest BCUT2D eigenvalue weighted by molar-refractivity contribution is 5.81. The van der Waals surface area contributed by atoms with Gasteiger partial charge < -0.3 is 10.6 Å². The third kappa shape index (κ3) is 4.76. The number of nitrogens with two attached hydrogens (primary N) is 1. The van der Waals surface area contributed by atoms with Crippen LogP contribution in [-0.2, 0) is 11.3 Å². The van der Waals surface area contributed by atoms with Crippen molar-refractivity contribution in [2.75, 3.05) is 13.6 Å². The van der Waals surface area contributed by atoms with Gasteiger partial charge in [-0.05, 0) is 17.7 Å². The van der Waals surface area contributed by atoms with Gasteiger partial charge in [-0.2, -0.15) is 0 Å². The van der Waals surface area contributed by atoms with Crippen molar-refractivity contribution in [3.8, 4) is 11.8 Å². The molecule has 0 heterocycles. The molecular weight excluding hydrogens is 236 g/mol. The van der Waals surface area contributed by atoms with Crippen molar-refractivity contribution in [1.82, 2.24) is 4.90 Å². The molecule has 0 unspecified atom stereocenters. The molecule has 1 rings (SSSR count). The lowest BCUT2D eigenvalue weighted by Gasteiger charge is -2.26. The molecule has 0 bridgehead atoms. The average Bonchev–Trinajstić information content (AvgIpc) is 2.34. The zero-order valence-corrected chi connectivity index (χ0v) is 12.2. The second-order valence-corrected chi connectivity index (χ2v) is 5.62. The van der Waals surface area contributed by atoms with E-state index in [0.717, 1.165) is 11.1 Å². The van der Waals surface area contributed by atoms with Crippen molar-refractivity contribution in [2.45, 2.75) is 27.3 Å². The molecule has 1 amide bonds. The van der Waals surface area contributed by atoms with Crippen LogP contribution >= 0.6 is 0 Å². The number of hydrogen-bond acceptors (Lipinski definition) is 2. The summed E-state index contributed by atoms with van der Waals surface area (Å²) < 4.78 is 0. The van der Waals surface area contributed by atoms with Gasteiger partial charge in [0.15, 0.2) is 0 Å². The summed E-state index contributed by atoms with van der Waals surface area (Å²) in [7, 11) is 1.83. The van der Waals surface area contributed by atoms with Crippen LogP contribution in [0.2, 0.25) is 0 Å². The molecular formula is C16H22N2O. The Morgan fingerprint density at radius 1 is 1.37 bits per heavy atom. The van der Waals surface area contributed by atoms with Crippen LogP contribution < -0.4 is 5.73 Å².